The summed E-state index contributed by atoms with van der Waals surface area (Å²) < 4.78 is 5.15. The summed E-state index contributed by atoms with van der Waals surface area (Å²) in [6.07, 6.45) is 4.47. The van der Waals surface area contributed by atoms with Gasteiger partial charge < -0.3 is 15.1 Å². The summed E-state index contributed by atoms with van der Waals surface area (Å²) in [7, 11) is 0. The van der Waals surface area contributed by atoms with E-state index in [-0.39, 0.29) is 11.6 Å². The first-order valence-corrected chi connectivity index (χ1v) is 7.66. The highest BCUT2D eigenvalue weighted by Crippen LogP contribution is 2.25. The Bertz CT molecular complexity index is 832. The van der Waals surface area contributed by atoms with Crippen LogP contribution in [0.2, 0.25) is 5.02 Å². The molecule has 0 saturated heterocycles. The lowest BCUT2D eigenvalue weighted by Crippen LogP contribution is -2.23. The minimum Gasteiger partial charge on any atom is -0.467 e. The van der Waals surface area contributed by atoms with Crippen molar-refractivity contribution in [2.45, 2.75) is 13.5 Å². The van der Waals surface area contributed by atoms with Crippen LogP contribution < -0.4 is 10.6 Å². The lowest BCUT2D eigenvalue weighted by atomic mass is 10.2. The van der Waals surface area contributed by atoms with E-state index in [1.807, 2.05) is 25.1 Å². The van der Waals surface area contributed by atoms with Crippen LogP contribution in [0.5, 0.6) is 0 Å². The van der Waals surface area contributed by atoms with Crippen molar-refractivity contribution >= 4 is 29.0 Å². The van der Waals surface area contributed by atoms with Crippen molar-refractivity contribution in [3.63, 3.8) is 0 Å². The summed E-state index contributed by atoms with van der Waals surface area (Å²) in [5, 5.41) is 6.51. The number of halogens is 1. The fourth-order valence-electron chi connectivity index (χ4n) is 2.06. The zero-order chi connectivity index (χ0) is 16.9. The molecule has 6 nitrogen and oxygen atoms in total. The molecule has 0 atom stereocenters. The molecule has 0 aliphatic heterocycles. The van der Waals surface area contributed by atoms with E-state index < -0.39 is 0 Å². The van der Waals surface area contributed by atoms with Gasteiger partial charge in [0.2, 0.25) is 0 Å². The molecule has 7 heteroatoms. The molecule has 3 aromatic rings. The number of benzene rings is 1. The van der Waals surface area contributed by atoms with Gasteiger partial charge in [0, 0.05) is 10.7 Å². The molecular formula is C17H15ClN4O2. The molecule has 0 saturated carbocycles. The van der Waals surface area contributed by atoms with Gasteiger partial charge in [0.1, 0.15) is 17.3 Å². The number of nitrogens with zero attached hydrogens (tertiary/aromatic N) is 2. The van der Waals surface area contributed by atoms with Crippen LogP contribution in [0.3, 0.4) is 0 Å². The number of carbonyl (C=O) groups is 1. The van der Waals surface area contributed by atoms with Crippen molar-refractivity contribution < 1.29 is 9.21 Å². The number of amides is 1. The third-order valence-corrected chi connectivity index (χ3v) is 3.83. The van der Waals surface area contributed by atoms with E-state index in [2.05, 4.69) is 20.6 Å². The highest BCUT2D eigenvalue weighted by Gasteiger charge is 2.09. The monoisotopic (exact) mass is 342 g/mol. The first-order chi connectivity index (χ1) is 11.6. The average Bonchev–Trinajstić information content (AvgIpc) is 3.11. The molecule has 1 amide bonds. The number of hydrogen-bond donors (Lipinski definition) is 2. The van der Waals surface area contributed by atoms with Crippen molar-refractivity contribution in [1.82, 2.24) is 15.3 Å². The van der Waals surface area contributed by atoms with Crippen LogP contribution >= 0.6 is 11.6 Å². The van der Waals surface area contributed by atoms with Crippen LogP contribution in [-0.2, 0) is 6.54 Å². The smallest absolute Gasteiger partial charge is 0.271 e. The van der Waals surface area contributed by atoms with E-state index in [0.29, 0.717) is 23.1 Å². The van der Waals surface area contributed by atoms with Crippen molar-refractivity contribution in [3.8, 4) is 0 Å². The average molecular weight is 343 g/mol. The standard InChI is InChI=1S/C17H15ClN4O2/c1-11-13(18)5-2-6-14(11)22-16-10-19-15(9-20-16)17(23)21-8-12-4-3-7-24-12/h2-7,9-10H,8H2,1H3,(H,20,22)(H,21,23). The highest BCUT2D eigenvalue weighted by atomic mass is 35.5. The molecule has 24 heavy (non-hydrogen) atoms. The van der Waals surface area contributed by atoms with E-state index in [4.69, 9.17) is 16.0 Å². The summed E-state index contributed by atoms with van der Waals surface area (Å²) in [5.41, 5.74) is 1.99. The number of aromatic nitrogens is 2. The molecule has 0 fully saturated rings. The van der Waals surface area contributed by atoms with Crippen molar-refractivity contribution in [1.29, 1.82) is 0 Å². The van der Waals surface area contributed by atoms with Gasteiger partial charge in [0.25, 0.3) is 5.91 Å². The van der Waals surface area contributed by atoms with Crippen LogP contribution in [0, 0.1) is 6.92 Å². The van der Waals surface area contributed by atoms with E-state index in [1.54, 1.807) is 18.4 Å². The molecule has 0 aliphatic carbocycles. The normalized spacial score (nSPS) is 10.4. The van der Waals surface area contributed by atoms with Crippen molar-refractivity contribution in [3.05, 3.63) is 71.0 Å². The Hall–Kier alpha value is -2.86. The zero-order valence-electron chi connectivity index (χ0n) is 12.9. The van der Waals surface area contributed by atoms with Crippen LogP contribution in [0.1, 0.15) is 21.8 Å². The second-order valence-corrected chi connectivity index (χ2v) is 5.49. The lowest BCUT2D eigenvalue weighted by molar-refractivity contribution is 0.0942. The molecule has 0 spiro atoms. The van der Waals surface area contributed by atoms with Gasteiger partial charge in [0.15, 0.2) is 0 Å². The Kier molecular flexibility index (Phi) is 4.77. The molecule has 2 heterocycles. The van der Waals surface area contributed by atoms with E-state index >= 15 is 0 Å². The molecule has 0 radical (unpaired) electrons. The summed E-state index contributed by atoms with van der Waals surface area (Å²) in [6, 6.07) is 9.11. The zero-order valence-corrected chi connectivity index (χ0v) is 13.7. The number of rotatable bonds is 5. The van der Waals surface area contributed by atoms with Crippen LogP contribution in [-0.4, -0.2) is 15.9 Å². The second-order valence-electron chi connectivity index (χ2n) is 5.09. The van der Waals surface area contributed by atoms with Gasteiger partial charge in [-0.05, 0) is 36.8 Å². The number of carbonyl (C=O) groups excluding carboxylic acids is 1. The largest absolute Gasteiger partial charge is 0.467 e. The fraction of sp³-hybridized carbons (Fsp3) is 0.118. The molecule has 0 unspecified atom stereocenters. The minimum atomic E-state index is -0.315. The Morgan fingerprint density at radius 3 is 2.79 bits per heavy atom. The molecule has 3 rings (SSSR count). The molecule has 2 aromatic heterocycles. The van der Waals surface area contributed by atoms with Crippen LogP contribution in [0.15, 0.2) is 53.4 Å². The predicted molar refractivity (Wildman–Crippen MR) is 91.4 cm³/mol. The van der Waals surface area contributed by atoms with E-state index in [9.17, 15) is 4.79 Å². The fourth-order valence-corrected chi connectivity index (χ4v) is 2.24. The van der Waals surface area contributed by atoms with Crippen molar-refractivity contribution in [2.24, 2.45) is 0 Å². The van der Waals surface area contributed by atoms with Crippen LogP contribution in [0.25, 0.3) is 0 Å². The molecular weight excluding hydrogens is 328 g/mol. The molecule has 0 bridgehead atoms. The number of nitrogens with one attached hydrogen (secondary N) is 2. The van der Waals surface area contributed by atoms with Gasteiger partial charge in [-0.3, -0.25) is 4.79 Å². The second kappa shape index (κ2) is 7.14. The maximum atomic E-state index is 12.0. The molecule has 1 aromatic carbocycles. The summed E-state index contributed by atoms with van der Waals surface area (Å²) in [5.74, 6) is 0.887. The van der Waals surface area contributed by atoms with E-state index in [1.165, 1.54) is 12.4 Å². The van der Waals surface area contributed by atoms with Gasteiger partial charge in [0.05, 0.1) is 25.2 Å². The Balaban J connectivity index is 1.64. The third kappa shape index (κ3) is 3.72. The maximum Gasteiger partial charge on any atom is 0.271 e. The SMILES string of the molecule is Cc1c(Cl)cccc1Nc1cnc(C(=O)NCc2ccco2)cn1. The molecule has 0 aliphatic rings. The Morgan fingerprint density at radius 2 is 2.08 bits per heavy atom. The summed E-state index contributed by atoms with van der Waals surface area (Å²) in [4.78, 5) is 20.4. The molecule has 2 N–H and O–H groups in total. The third-order valence-electron chi connectivity index (χ3n) is 3.42. The highest BCUT2D eigenvalue weighted by molar-refractivity contribution is 6.31. The number of furan rings is 1. The maximum absolute atomic E-state index is 12.0. The van der Waals surface area contributed by atoms with Gasteiger partial charge in [-0.15, -0.1) is 0 Å². The number of hydrogen-bond acceptors (Lipinski definition) is 5. The van der Waals surface area contributed by atoms with Gasteiger partial charge in [-0.25, -0.2) is 9.97 Å². The molecule has 122 valence electrons. The first-order valence-electron chi connectivity index (χ1n) is 7.28. The van der Waals surface area contributed by atoms with Crippen LogP contribution in [0.4, 0.5) is 11.5 Å². The summed E-state index contributed by atoms with van der Waals surface area (Å²) >= 11 is 6.09. The van der Waals surface area contributed by atoms with Gasteiger partial charge in [-0.2, -0.15) is 0 Å². The Labute approximate surface area is 143 Å². The lowest BCUT2D eigenvalue weighted by Gasteiger charge is -2.10. The Morgan fingerprint density at radius 1 is 1.21 bits per heavy atom. The first kappa shape index (κ1) is 16.0. The van der Waals surface area contributed by atoms with Gasteiger partial charge >= 0.3 is 0 Å². The van der Waals surface area contributed by atoms with E-state index in [0.717, 1.165) is 11.3 Å². The minimum absolute atomic E-state index is 0.231. The number of anilines is 2. The van der Waals surface area contributed by atoms with Gasteiger partial charge in [-0.1, -0.05) is 17.7 Å². The van der Waals surface area contributed by atoms with Crippen molar-refractivity contribution in [2.75, 3.05) is 5.32 Å². The quantitative estimate of drug-likeness (QED) is 0.739. The summed E-state index contributed by atoms with van der Waals surface area (Å²) in [6.45, 7) is 2.21. The predicted octanol–water partition coefficient (Wildman–Crippen LogP) is 3.71. The topological polar surface area (TPSA) is 80.0 Å².